The van der Waals surface area contributed by atoms with Crippen molar-refractivity contribution in [3.8, 4) is 0 Å². The van der Waals surface area contributed by atoms with Crippen LogP contribution in [0.3, 0.4) is 0 Å². The second-order valence-electron chi connectivity index (χ2n) is 7.53. The molecule has 3 N–H and O–H groups in total. The van der Waals surface area contributed by atoms with Crippen LogP contribution in [0.4, 0.5) is 0 Å². The average molecular weight is 369 g/mol. The van der Waals surface area contributed by atoms with Gasteiger partial charge in [-0.05, 0) is 43.2 Å². The van der Waals surface area contributed by atoms with Crippen LogP contribution in [-0.2, 0) is 19.3 Å². The molecule has 136 valence electrons. The van der Waals surface area contributed by atoms with Crippen molar-refractivity contribution in [3.63, 3.8) is 0 Å². The molecule has 5 heteroatoms. The lowest BCUT2D eigenvalue weighted by molar-refractivity contribution is -0.693. The first-order valence-corrected chi connectivity index (χ1v) is 10.3. The monoisotopic (exact) mass is 368 g/mol. The maximum Gasteiger partial charge on any atom is 0.260 e. The van der Waals surface area contributed by atoms with Crippen LogP contribution in [0.5, 0.6) is 0 Å². The number of aryl methyl sites for hydroxylation is 1. The van der Waals surface area contributed by atoms with Crippen LogP contribution in [0, 0.1) is 5.92 Å². The Kier molecular flexibility index (Phi) is 4.92. The predicted octanol–water partition coefficient (Wildman–Crippen LogP) is 2.98. The van der Waals surface area contributed by atoms with Gasteiger partial charge in [-0.25, -0.2) is 4.98 Å². The molecule has 0 amide bonds. The maximum atomic E-state index is 12.7. The zero-order valence-corrected chi connectivity index (χ0v) is 16.2. The third kappa shape index (κ3) is 3.46. The number of nitrogens with zero attached hydrogens (tertiary/aromatic N) is 1. The predicted molar refractivity (Wildman–Crippen MR) is 107 cm³/mol. The summed E-state index contributed by atoms with van der Waals surface area (Å²) in [5.74, 6) is 1.50. The van der Waals surface area contributed by atoms with Crippen LogP contribution in [-0.4, -0.2) is 16.5 Å². The maximum absolute atomic E-state index is 12.7. The molecule has 0 saturated carbocycles. The number of H-pyrrole nitrogens is 1. The van der Waals surface area contributed by atoms with Crippen molar-refractivity contribution in [2.75, 3.05) is 6.54 Å². The average Bonchev–Trinajstić information content (AvgIpc) is 3.00. The van der Waals surface area contributed by atoms with E-state index >= 15 is 0 Å². The minimum atomic E-state index is 0.0420. The molecule has 2 atom stereocenters. The molecule has 26 heavy (non-hydrogen) atoms. The van der Waals surface area contributed by atoms with Crippen molar-refractivity contribution in [3.05, 3.63) is 62.5 Å². The molecule has 2 aromatic heterocycles. The fourth-order valence-corrected chi connectivity index (χ4v) is 5.23. The van der Waals surface area contributed by atoms with Gasteiger partial charge in [0.25, 0.3) is 5.56 Å². The van der Waals surface area contributed by atoms with Gasteiger partial charge in [0.15, 0.2) is 5.82 Å². The molecule has 1 aromatic carbocycles. The summed E-state index contributed by atoms with van der Waals surface area (Å²) in [6.45, 7) is 5.39. The molecule has 3 aromatic rings. The SMILES string of the molecule is C[C@H]1CCc2c(sc3nc([C@@H](C)[NH2+]CCc4ccccc4)[nH]c(=O)c23)C1. The topological polar surface area (TPSA) is 62.4 Å². The van der Waals surface area contributed by atoms with Gasteiger partial charge >= 0.3 is 0 Å². The van der Waals surface area contributed by atoms with Crippen LogP contribution in [0.15, 0.2) is 35.1 Å². The molecule has 0 fully saturated rings. The lowest BCUT2D eigenvalue weighted by atomic mass is 9.89. The van der Waals surface area contributed by atoms with Crippen LogP contribution < -0.4 is 10.9 Å². The Morgan fingerprint density at radius 3 is 2.96 bits per heavy atom. The molecule has 1 aliphatic carbocycles. The van der Waals surface area contributed by atoms with E-state index in [0.29, 0.717) is 5.92 Å². The first kappa shape index (κ1) is 17.4. The normalized spacial score (nSPS) is 18.0. The molecule has 4 rings (SSSR count). The summed E-state index contributed by atoms with van der Waals surface area (Å²) in [6.07, 6.45) is 4.29. The Morgan fingerprint density at radius 1 is 1.35 bits per heavy atom. The van der Waals surface area contributed by atoms with Crippen molar-refractivity contribution in [2.24, 2.45) is 5.92 Å². The number of benzene rings is 1. The molecule has 2 heterocycles. The molecule has 0 spiro atoms. The first-order valence-electron chi connectivity index (χ1n) is 9.53. The summed E-state index contributed by atoms with van der Waals surface area (Å²) in [5.41, 5.74) is 2.64. The van der Waals surface area contributed by atoms with E-state index in [2.05, 4.69) is 48.4 Å². The lowest BCUT2D eigenvalue weighted by Crippen LogP contribution is -2.85. The largest absolute Gasteiger partial charge is 0.337 e. The number of nitrogens with one attached hydrogen (secondary N) is 1. The highest BCUT2D eigenvalue weighted by molar-refractivity contribution is 7.18. The van der Waals surface area contributed by atoms with Gasteiger partial charge in [-0.2, -0.15) is 0 Å². The zero-order valence-electron chi connectivity index (χ0n) is 15.4. The molecule has 0 saturated heterocycles. The number of quaternary nitrogens is 1. The number of fused-ring (bicyclic) bond motifs is 3. The quantitative estimate of drug-likeness (QED) is 0.727. The van der Waals surface area contributed by atoms with Gasteiger partial charge in [-0.1, -0.05) is 37.3 Å². The van der Waals surface area contributed by atoms with E-state index < -0.39 is 0 Å². The van der Waals surface area contributed by atoms with Crippen LogP contribution in [0.25, 0.3) is 10.2 Å². The number of hydrogen-bond donors (Lipinski definition) is 2. The minimum absolute atomic E-state index is 0.0420. The summed E-state index contributed by atoms with van der Waals surface area (Å²) in [5, 5.41) is 3.10. The molecular formula is C21H26N3OS+. The molecule has 0 unspecified atom stereocenters. The molecule has 0 bridgehead atoms. The van der Waals surface area contributed by atoms with Gasteiger partial charge in [-0.15, -0.1) is 11.3 Å². The van der Waals surface area contributed by atoms with Crippen molar-refractivity contribution in [1.82, 2.24) is 9.97 Å². The number of hydrogen-bond acceptors (Lipinski definition) is 3. The second kappa shape index (κ2) is 7.33. The van der Waals surface area contributed by atoms with E-state index in [-0.39, 0.29) is 11.6 Å². The smallest absolute Gasteiger partial charge is 0.260 e. The van der Waals surface area contributed by atoms with E-state index in [1.54, 1.807) is 11.3 Å². The number of rotatable bonds is 5. The number of aromatic amines is 1. The fourth-order valence-electron chi connectivity index (χ4n) is 3.84. The summed E-state index contributed by atoms with van der Waals surface area (Å²) in [7, 11) is 0. The Labute approximate surface area is 157 Å². The summed E-state index contributed by atoms with van der Waals surface area (Å²) in [4.78, 5) is 22.9. The van der Waals surface area contributed by atoms with Crippen LogP contribution in [0.1, 0.15) is 48.1 Å². The molecule has 0 aliphatic heterocycles. The van der Waals surface area contributed by atoms with Crippen molar-refractivity contribution in [1.29, 1.82) is 0 Å². The summed E-state index contributed by atoms with van der Waals surface area (Å²) < 4.78 is 0. The van der Waals surface area contributed by atoms with Crippen molar-refractivity contribution >= 4 is 21.6 Å². The highest BCUT2D eigenvalue weighted by atomic mass is 32.1. The van der Waals surface area contributed by atoms with Gasteiger partial charge in [0.2, 0.25) is 0 Å². The number of thiophene rings is 1. The lowest BCUT2D eigenvalue weighted by Gasteiger charge is -2.17. The van der Waals surface area contributed by atoms with Gasteiger partial charge in [0.05, 0.1) is 11.9 Å². The Hall–Kier alpha value is -1.98. The number of nitrogens with two attached hydrogens (primary N) is 1. The molecule has 1 aliphatic rings. The van der Waals surface area contributed by atoms with E-state index in [0.717, 1.165) is 41.8 Å². The van der Waals surface area contributed by atoms with E-state index in [4.69, 9.17) is 4.98 Å². The third-order valence-corrected chi connectivity index (χ3v) is 6.56. The minimum Gasteiger partial charge on any atom is -0.337 e. The highest BCUT2D eigenvalue weighted by Gasteiger charge is 2.24. The zero-order chi connectivity index (χ0) is 18.1. The standard InChI is InChI=1S/C21H25N3OS/c1-13-8-9-16-17(12-13)26-21-18(16)20(25)23-19(24-21)14(2)22-11-10-15-6-4-3-5-7-15/h3-7,13-14,22H,8-12H2,1-2H3,(H,23,24,25)/p+1/t13-,14+/m0/s1. The van der Waals surface area contributed by atoms with Crippen molar-refractivity contribution in [2.45, 2.75) is 45.6 Å². The Balaban J connectivity index is 1.52. The first-order chi connectivity index (χ1) is 12.6. The fraction of sp³-hybridized carbons (Fsp3) is 0.429. The third-order valence-electron chi connectivity index (χ3n) is 5.41. The molecule has 0 radical (unpaired) electrons. The Morgan fingerprint density at radius 2 is 2.15 bits per heavy atom. The number of aromatic nitrogens is 2. The summed E-state index contributed by atoms with van der Waals surface area (Å²) >= 11 is 1.72. The van der Waals surface area contributed by atoms with Crippen LogP contribution in [0.2, 0.25) is 0 Å². The second-order valence-corrected chi connectivity index (χ2v) is 8.62. The van der Waals surface area contributed by atoms with Gasteiger partial charge in [-0.3, -0.25) is 4.79 Å². The van der Waals surface area contributed by atoms with Gasteiger partial charge in [0, 0.05) is 11.3 Å². The van der Waals surface area contributed by atoms with E-state index in [1.807, 2.05) is 6.07 Å². The Bertz CT molecular complexity index is 961. The van der Waals surface area contributed by atoms with Crippen LogP contribution >= 0.6 is 11.3 Å². The van der Waals surface area contributed by atoms with E-state index in [1.165, 1.54) is 22.4 Å². The van der Waals surface area contributed by atoms with Crippen molar-refractivity contribution < 1.29 is 5.32 Å². The summed E-state index contributed by atoms with van der Waals surface area (Å²) in [6, 6.07) is 10.6. The van der Waals surface area contributed by atoms with Gasteiger partial charge in [0.1, 0.15) is 10.9 Å². The van der Waals surface area contributed by atoms with Gasteiger partial charge < -0.3 is 10.3 Å². The van der Waals surface area contributed by atoms with E-state index in [9.17, 15) is 4.79 Å². The molecule has 4 nitrogen and oxygen atoms in total. The highest BCUT2D eigenvalue weighted by Crippen LogP contribution is 2.35. The molecular weight excluding hydrogens is 342 g/mol.